The molecule has 0 unspecified atom stereocenters. The minimum atomic E-state index is -0.0798. The Hall–Kier alpha value is -2.04. The van der Waals surface area contributed by atoms with E-state index in [-0.39, 0.29) is 11.9 Å². The van der Waals surface area contributed by atoms with Crippen molar-refractivity contribution in [1.82, 2.24) is 10.2 Å². The van der Waals surface area contributed by atoms with Gasteiger partial charge in [-0.3, -0.25) is 9.69 Å². The molecular formula is C16H21N3O2. The standard InChI is InChI=1S/C16H21N3O2/c20-15(18-9-2-1-3-10-18)13-6-4-7-14(12-13)19-11-5-8-17-16(19)21/h4,6-7,12H,1-3,5,8-11H2,(H,17,21). The number of hydrogen-bond donors (Lipinski definition) is 1. The predicted octanol–water partition coefficient (Wildman–Crippen LogP) is 2.23. The molecule has 2 fully saturated rings. The minimum Gasteiger partial charge on any atom is -0.339 e. The smallest absolute Gasteiger partial charge is 0.321 e. The number of nitrogens with one attached hydrogen (secondary N) is 1. The fourth-order valence-corrected chi connectivity index (χ4v) is 2.96. The van der Waals surface area contributed by atoms with Crippen molar-refractivity contribution >= 4 is 17.6 Å². The summed E-state index contributed by atoms with van der Waals surface area (Å²) in [6.07, 6.45) is 4.30. The van der Waals surface area contributed by atoms with Crippen LogP contribution in [0.4, 0.5) is 10.5 Å². The third-order valence-electron chi connectivity index (χ3n) is 4.13. The highest BCUT2D eigenvalue weighted by atomic mass is 16.2. The highest BCUT2D eigenvalue weighted by Crippen LogP contribution is 2.20. The Bertz CT molecular complexity index is 538. The Morgan fingerprint density at radius 1 is 1.05 bits per heavy atom. The number of rotatable bonds is 2. The molecule has 0 radical (unpaired) electrons. The number of amides is 3. The number of benzene rings is 1. The first-order valence-electron chi connectivity index (χ1n) is 7.70. The van der Waals surface area contributed by atoms with E-state index in [0.29, 0.717) is 12.1 Å². The first-order valence-corrected chi connectivity index (χ1v) is 7.70. The third-order valence-corrected chi connectivity index (χ3v) is 4.13. The van der Waals surface area contributed by atoms with Crippen LogP contribution in [0, 0.1) is 0 Å². The fourth-order valence-electron chi connectivity index (χ4n) is 2.96. The normalized spacial score (nSPS) is 19.3. The van der Waals surface area contributed by atoms with Crippen LogP contribution in [0.25, 0.3) is 0 Å². The monoisotopic (exact) mass is 287 g/mol. The Balaban J connectivity index is 1.79. The maximum Gasteiger partial charge on any atom is 0.321 e. The first kappa shape index (κ1) is 13.9. The van der Waals surface area contributed by atoms with Gasteiger partial charge in [-0.15, -0.1) is 0 Å². The molecule has 0 saturated carbocycles. The van der Waals surface area contributed by atoms with Crippen molar-refractivity contribution in [3.05, 3.63) is 29.8 Å². The molecule has 1 aromatic carbocycles. The van der Waals surface area contributed by atoms with Gasteiger partial charge in [-0.25, -0.2) is 4.79 Å². The van der Waals surface area contributed by atoms with Crippen LogP contribution >= 0.6 is 0 Å². The zero-order valence-corrected chi connectivity index (χ0v) is 12.2. The van der Waals surface area contributed by atoms with E-state index in [1.807, 2.05) is 29.2 Å². The van der Waals surface area contributed by atoms with Crippen LogP contribution in [0.5, 0.6) is 0 Å². The number of likely N-dealkylation sites (tertiary alicyclic amines) is 1. The molecule has 2 saturated heterocycles. The number of nitrogens with zero attached hydrogens (tertiary/aromatic N) is 2. The number of hydrogen-bond acceptors (Lipinski definition) is 2. The average Bonchev–Trinajstić information content (AvgIpc) is 2.55. The molecule has 1 N–H and O–H groups in total. The van der Waals surface area contributed by atoms with Gasteiger partial charge in [0.05, 0.1) is 0 Å². The molecule has 5 heteroatoms. The van der Waals surface area contributed by atoms with Crippen molar-refractivity contribution in [2.24, 2.45) is 0 Å². The van der Waals surface area contributed by atoms with Gasteiger partial charge >= 0.3 is 6.03 Å². The summed E-state index contributed by atoms with van der Waals surface area (Å²) in [5.74, 6) is 0.0777. The summed E-state index contributed by atoms with van der Waals surface area (Å²) < 4.78 is 0. The summed E-state index contributed by atoms with van der Waals surface area (Å²) in [5.41, 5.74) is 1.47. The van der Waals surface area contributed by atoms with Gasteiger partial charge in [0.2, 0.25) is 0 Å². The highest BCUT2D eigenvalue weighted by Gasteiger charge is 2.22. The number of urea groups is 1. The van der Waals surface area contributed by atoms with Crippen molar-refractivity contribution in [2.45, 2.75) is 25.7 Å². The minimum absolute atomic E-state index is 0.0777. The Morgan fingerprint density at radius 3 is 2.62 bits per heavy atom. The van der Waals surface area contributed by atoms with Gasteiger partial charge in [0, 0.05) is 37.4 Å². The Morgan fingerprint density at radius 2 is 1.86 bits per heavy atom. The molecule has 2 heterocycles. The van der Waals surface area contributed by atoms with E-state index in [9.17, 15) is 9.59 Å². The fraction of sp³-hybridized carbons (Fsp3) is 0.500. The van der Waals surface area contributed by atoms with Crippen molar-refractivity contribution in [1.29, 1.82) is 0 Å². The molecule has 2 aliphatic heterocycles. The van der Waals surface area contributed by atoms with E-state index in [4.69, 9.17) is 0 Å². The van der Waals surface area contributed by atoms with Crippen molar-refractivity contribution in [2.75, 3.05) is 31.1 Å². The lowest BCUT2D eigenvalue weighted by atomic mass is 10.1. The Labute approximate surface area is 124 Å². The second kappa shape index (κ2) is 6.16. The topological polar surface area (TPSA) is 52.7 Å². The van der Waals surface area contributed by atoms with Gasteiger partial charge in [-0.1, -0.05) is 6.07 Å². The van der Waals surface area contributed by atoms with Crippen molar-refractivity contribution in [3.8, 4) is 0 Å². The van der Waals surface area contributed by atoms with Gasteiger partial charge in [0.15, 0.2) is 0 Å². The maximum absolute atomic E-state index is 12.5. The molecule has 3 amide bonds. The summed E-state index contributed by atoms with van der Waals surface area (Å²) in [4.78, 5) is 28.0. The number of anilines is 1. The maximum atomic E-state index is 12.5. The SMILES string of the molecule is O=C(c1cccc(N2CCCNC2=O)c1)N1CCCCC1. The van der Waals surface area contributed by atoms with Crippen molar-refractivity contribution < 1.29 is 9.59 Å². The molecule has 21 heavy (non-hydrogen) atoms. The number of piperidine rings is 1. The molecule has 3 rings (SSSR count). The molecular weight excluding hydrogens is 266 g/mol. The molecule has 5 nitrogen and oxygen atoms in total. The zero-order valence-electron chi connectivity index (χ0n) is 12.2. The van der Waals surface area contributed by atoms with E-state index >= 15 is 0 Å². The van der Waals surface area contributed by atoms with Crippen LogP contribution < -0.4 is 10.2 Å². The van der Waals surface area contributed by atoms with Gasteiger partial charge in [0.1, 0.15) is 0 Å². The second-order valence-corrected chi connectivity index (χ2v) is 5.64. The van der Waals surface area contributed by atoms with Crippen molar-refractivity contribution in [3.63, 3.8) is 0 Å². The molecule has 2 aliphatic rings. The zero-order chi connectivity index (χ0) is 14.7. The quantitative estimate of drug-likeness (QED) is 0.907. The lowest BCUT2D eigenvalue weighted by Gasteiger charge is -2.29. The van der Waals surface area contributed by atoms with E-state index in [2.05, 4.69) is 5.32 Å². The van der Waals surface area contributed by atoms with Gasteiger partial charge in [-0.2, -0.15) is 0 Å². The van der Waals surface area contributed by atoms with E-state index in [1.165, 1.54) is 6.42 Å². The van der Waals surface area contributed by atoms with E-state index in [0.717, 1.165) is 44.6 Å². The summed E-state index contributed by atoms with van der Waals surface area (Å²) in [6, 6.07) is 7.33. The van der Waals surface area contributed by atoms with Crippen LogP contribution in [0.1, 0.15) is 36.0 Å². The van der Waals surface area contributed by atoms with Crippen LogP contribution in [-0.4, -0.2) is 43.0 Å². The number of carbonyl (C=O) groups is 2. The highest BCUT2D eigenvalue weighted by molar-refractivity contribution is 5.98. The third kappa shape index (κ3) is 3.01. The lowest BCUT2D eigenvalue weighted by molar-refractivity contribution is 0.0724. The molecule has 112 valence electrons. The van der Waals surface area contributed by atoms with Crippen LogP contribution in [-0.2, 0) is 0 Å². The summed E-state index contributed by atoms with van der Waals surface area (Å²) in [7, 11) is 0. The molecule has 1 aromatic rings. The van der Waals surface area contributed by atoms with Gasteiger partial charge in [0.25, 0.3) is 5.91 Å². The van der Waals surface area contributed by atoms with Crippen LogP contribution in [0.15, 0.2) is 24.3 Å². The predicted molar refractivity (Wildman–Crippen MR) is 81.6 cm³/mol. The van der Waals surface area contributed by atoms with Gasteiger partial charge < -0.3 is 10.2 Å². The molecule has 0 atom stereocenters. The number of carbonyl (C=O) groups excluding carboxylic acids is 2. The lowest BCUT2D eigenvalue weighted by Crippen LogP contribution is -2.46. The molecule has 0 bridgehead atoms. The molecule has 0 aromatic heterocycles. The second-order valence-electron chi connectivity index (χ2n) is 5.64. The Kier molecular flexibility index (Phi) is 4.08. The van der Waals surface area contributed by atoms with Crippen LogP contribution in [0.3, 0.4) is 0 Å². The first-order chi connectivity index (χ1) is 10.3. The van der Waals surface area contributed by atoms with E-state index < -0.39 is 0 Å². The average molecular weight is 287 g/mol. The molecule has 0 spiro atoms. The summed E-state index contributed by atoms with van der Waals surface area (Å²) in [6.45, 7) is 3.11. The van der Waals surface area contributed by atoms with Crippen LogP contribution in [0.2, 0.25) is 0 Å². The summed E-state index contributed by atoms with van der Waals surface area (Å²) in [5, 5.41) is 2.83. The van der Waals surface area contributed by atoms with E-state index in [1.54, 1.807) is 4.90 Å². The summed E-state index contributed by atoms with van der Waals surface area (Å²) >= 11 is 0. The largest absolute Gasteiger partial charge is 0.339 e. The van der Waals surface area contributed by atoms with Gasteiger partial charge in [-0.05, 0) is 43.9 Å². The molecule has 0 aliphatic carbocycles.